The summed E-state index contributed by atoms with van der Waals surface area (Å²) in [5.41, 5.74) is 7.26. The van der Waals surface area contributed by atoms with E-state index < -0.39 is 47.9 Å². The van der Waals surface area contributed by atoms with Crippen molar-refractivity contribution in [1.29, 1.82) is 0 Å². The lowest BCUT2D eigenvalue weighted by Crippen LogP contribution is -2.58. The van der Waals surface area contributed by atoms with Crippen LogP contribution in [0.4, 0.5) is 0 Å². The van der Waals surface area contributed by atoms with Crippen LogP contribution < -0.4 is 21.7 Å². The largest absolute Gasteiger partial charge is 0.508 e. The molecular formula is C29H40N4O7S. The molecule has 41 heavy (non-hydrogen) atoms. The molecule has 2 rings (SSSR count). The molecule has 0 heterocycles. The summed E-state index contributed by atoms with van der Waals surface area (Å²) in [6, 6.07) is 7.87. The first-order chi connectivity index (χ1) is 19.4. The number of benzene rings is 2. The Hall–Kier alpha value is -3.77. The molecule has 0 bridgehead atoms. The molecule has 11 nitrogen and oxygen atoms in total. The molecule has 0 saturated heterocycles. The number of aromatic hydroxyl groups is 2. The van der Waals surface area contributed by atoms with Crippen molar-refractivity contribution in [1.82, 2.24) is 16.0 Å². The summed E-state index contributed by atoms with van der Waals surface area (Å²) in [5, 5.41) is 36.7. The van der Waals surface area contributed by atoms with Crippen LogP contribution in [0.5, 0.6) is 11.5 Å². The number of hydrogen-bond acceptors (Lipinski definition) is 8. The summed E-state index contributed by atoms with van der Waals surface area (Å²) in [5.74, 6) is -2.36. The zero-order valence-electron chi connectivity index (χ0n) is 23.5. The van der Waals surface area contributed by atoms with Crippen LogP contribution in [0.2, 0.25) is 0 Å². The number of rotatable bonds is 16. The van der Waals surface area contributed by atoms with E-state index in [0.29, 0.717) is 23.3 Å². The Morgan fingerprint density at radius 2 is 1.20 bits per heavy atom. The molecule has 4 atom stereocenters. The highest BCUT2D eigenvalue weighted by Crippen LogP contribution is 2.14. The number of nitrogens with two attached hydrogens (primary N) is 1. The zero-order chi connectivity index (χ0) is 30.5. The van der Waals surface area contributed by atoms with Gasteiger partial charge in [-0.3, -0.25) is 14.4 Å². The molecule has 0 saturated carbocycles. The number of carboxylic acid groups (broad SMARTS) is 1. The third-order valence-corrected chi connectivity index (χ3v) is 6.95. The summed E-state index contributed by atoms with van der Waals surface area (Å²) in [6.45, 7) is 3.72. The van der Waals surface area contributed by atoms with E-state index in [1.54, 1.807) is 36.0 Å². The first-order valence-electron chi connectivity index (χ1n) is 13.3. The molecule has 2 aromatic carbocycles. The number of amides is 3. The van der Waals surface area contributed by atoms with Crippen LogP contribution in [0.25, 0.3) is 0 Å². The molecule has 0 aliphatic carbocycles. The number of carboxylic acids is 1. The molecule has 8 N–H and O–H groups in total. The minimum atomic E-state index is -1.28. The lowest BCUT2D eigenvalue weighted by molar-refractivity contribution is -0.142. The van der Waals surface area contributed by atoms with Crippen LogP contribution in [0.1, 0.15) is 37.8 Å². The van der Waals surface area contributed by atoms with Gasteiger partial charge in [0.15, 0.2) is 0 Å². The van der Waals surface area contributed by atoms with Crippen LogP contribution in [0.15, 0.2) is 48.5 Å². The van der Waals surface area contributed by atoms with Gasteiger partial charge in [-0.15, -0.1) is 0 Å². The quantitative estimate of drug-likeness (QED) is 0.152. The second kappa shape index (κ2) is 16.5. The summed E-state index contributed by atoms with van der Waals surface area (Å²) in [4.78, 5) is 51.5. The van der Waals surface area contributed by atoms with Gasteiger partial charge in [0, 0.05) is 12.8 Å². The minimum Gasteiger partial charge on any atom is -0.508 e. The average molecular weight is 589 g/mol. The summed E-state index contributed by atoms with van der Waals surface area (Å²) in [7, 11) is 0. The van der Waals surface area contributed by atoms with Crippen molar-refractivity contribution in [3.63, 3.8) is 0 Å². The van der Waals surface area contributed by atoms with Gasteiger partial charge in [-0.2, -0.15) is 11.8 Å². The van der Waals surface area contributed by atoms with Gasteiger partial charge < -0.3 is 37.0 Å². The summed E-state index contributed by atoms with van der Waals surface area (Å²) in [6.07, 6.45) is 2.57. The van der Waals surface area contributed by atoms with E-state index in [-0.39, 0.29) is 36.7 Å². The average Bonchev–Trinajstić information content (AvgIpc) is 2.92. The second-order valence-electron chi connectivity index (χ2n) is 10.3. The van der Waals surface area contributed by atoms with Gasteiger partial charge in [0.05, 0.1) is 6.04 Å². The fourth-order valence-corrected chi connectivity index (χ4v) is 4.54. The van der Waals surface area contributed by atoms with E-state index in [2.05, 4.69) is 16.0 Å². The number of phenols is 2. The van der Waals surface area contributed by atoms with E-state index in [0.717, 1.165) is 0 Å². The maximum atomic E-state index is 13.5. The van der Waals surface area contributed by atoms with Crippen molar-refractivity contribution in [2.45, 2.75) is 63.7 Å². The predicted molar refractivity (Wildman–Crippen MR) is 157 cm³/mol. The number of carbonyl (C=O) groups excluding carboxylic acids is 3. The standard InChI is InChI=1S/C29H40N4O7S/c1-17(2)14-23(27(37)33-25(29(39)40)16-19-6-10-21(35)11-7-19)32-28(38)24(15-18-4-8-20(34)9-5-18)31-26(36)22(30)12-13-41-3/h4-11,17,22-25,34-35H,12-16,30H2,1-3H3,(H,31,36)(H,32,38)(H,33,37)(H,39,40). The Labute approximate surface area is 244 Å². The second-order valence-corrected chi connectivity index (χ2v) is 11.3. The molecule has 0 aliphatic rings. The number of nitrogens with one attached hydrogen (secondary N) is 3. The molecule has 0 fully saturated rings. The first-order valence-corrected chi connectivity index (χ1v) is 14.7. The monoisotopic (exact) mass is 588 g/mol. The highest BCUT2D eigenvalue weighted by molar-refractivity contribution is 7.98. The third kappa shape index (κ3) is 11.7. The zero-order valence-corrected chi connectivity index (χ0v) is 24.3. The highest BCUT2D eigenvalue weighted by atomic mass is 32.2. The first kappa shape index (κ1) is 33.4. The predicted octanol–water partition coefficient (Wildman–Crippen LogP) is 1.55. The van der Waals surface area contributed by atoms with Gasteiger partial charge >= 0.3 is 5.97 Å². The van der Waals surface area contributed by atoms with Crippen LogP contribution in [-0.2, 0) is 32.0 Å². The number of aliphatic carboxylic acids is 1. The maximum absolute atomic E-state index is 13.5. The Balaban J connectivity index is 2.22. The van der Waals surface area contributed by atoms with E-state index in [9.17, 15) is 34.5 Å². The van der Waals surface area contributed by atoms with Crippen molar-refractivity contribution in [2.75, 3.05) is 12.0 Å². The number of hydrogen-bond donors (Lipinski definition) is 7. The Morgan fingerprint density at radius 1 is 0.756 bits per heavy atom. The molecule has 2 aromatic rings. The summed E-state index contributed by atoms with van der Waals surface area (Å²) < 4.78 is 0. The van der Waals surface area contributed by atoms with E-state index in [4.69, 9.17) is 5.73 Å². The lowest BCUT2D eigenvalue weighted by atomic mass is 9.99. The molecule has 12 heteroatoms. The normalized spacial score (nSPS) is 14.0. The summed E-state index contributed by atoms with van der Waals surface area (Å²) >= 11 is 1.54. The van der Waals surface area contributed by atoms with Crippen LogP contribution >= 0.6 is 11.8 Å². The third-order valence-electron chi connectivity index (χ3n) is 6.31. The van der Waals surface area contributed by atoms with Crippen LogP contribution in [0, 0.1) is 5.92 Å². The molecule has 224 valence electrons. The van der Waals surface area contributed by atoms with Crippen molar-refractivity contribution in [3.8, 4) is 11.5 Å². The van der Waals surface area contributed by atoms with Gasteiger partial charge in [-0.25, -0.2) is 4.79 Å². The van der Waals surface area contributed by atoms with Crippen molar-refractivity contribution in [3.05, 3.63) is 59.7 Å². The molecule has 0 aliphatic heterocycles. The topological polar surface area (TPSA) is 191 Å². The van der Waals surface area contributed by atoms with Gasteiger partial charge in [0.2, 0.25) is 17.7 Å². The molecule has 0 spiro atoms. The maximum Gasteiger partial charge on any atom is 0.326 e. The molecule has 3 amide bonds. The van der Waals surface area contributed by atoms with Crippen molar-refractivity contribution < 1.29 is 34.5 Å². The van der Waals surface area contributed by atoms with Gasteiger partial charge in [0.25, 0.3) is 0 Å². The number of thioether (sulfide) groups is 1. The Bertz CT molecular complexity index is 1160. The van der Waals surface area contributed by atoms with Gasteiger partial charge in [-0.05, 0) is 66.2 Å². The van der Waals surface area contributed by atoms with Gasteiger partial charge in [0.1, 0.15) is 29.6 Å². The van der Waals surface area contributed by atoms with E-state index in [1.165, 1.54) is 24.3 Å². The number of carbonyl (C=O) groups is 4. The lowest BCUT2D eigenvalue weighted by Gasteiger charge is -2.26. The minimum absolute atomic E-state index is 0.0306. The van der Waals surface area contributed by atoms with Crippen LogP contribution in [-0.4, -0.2) is 75.2 Å². The highest BCUT2D eigenvalue weighted by Gasteiger charge is 2.31. The fourth-order valence-electron chi connectivity index (χ4n) is 4.05. The Kier molecular flexibility index (Phi) is 13.4. The van der Waals surface area contributed by atoms with Gasteiger partial charge in [-0.1, -0.05) is 38.1 Å². The fraction of sp³-hybridized carbons (Fsp3) is 0.448. The van der Waals surface area contributed by atoms with Crippen molar-refractivity contribution >= 4 is 35.5 Å². The Morgan fingerprint density at radius 3 is 1.66 bits per heavy atom. The SMILES string of the molecule is CSCCC(N)C(=O)NC(Cc1ccc(O)cc1)C(=O)NC(CC(C)C)C(=O)NC(Cc1ccc(O)cc1)C(=O)O. The smallest absolute Gasteiger partial charge is 0.326 e. The number of phenolic OH excluding ortho intramolecular Hbond substituents is 2. The molecule has 0 radical (unpaired) electrons. The molecule has 4 unspecified atom stereocenters. The van der Waals surface area contributed by atoms with E-state index >= 15 is 0 Å². The van der Waals surface area contributed by atoms with E-state index in [1.807, 2.05) is 20.1 Å². The molecular weight excluding hydrogens is 548 g/mol. The van der Waals surface area contributed by atoms with Crippen molar-refractivity contribution in [2.24, 2.45) is 11.7 Å². The molecule has 0 aromatic heterocycles. The van der Waals surface area contributed by atoms with Crippen LogP contribution in [0.3, 0.4) is 0 Å².